The average molecular weight is 414 g/mol. The second kappa shape index (κ2) is 7.78. The number of cyclic esters (lactones) is 1. The Hall–Kier alpha value is -3.41. The number of halogens is 1. The molecule has 30 heavy (non-hydrogen) atoms. The van der Waals surface area contributed by atoms with Crippen LogP contribution in [-0.2, 0) is 4.74 Å². The number of tetrazole rings is 1. The monoisotopic (exact) mass is 414 g/mol. The number of ether oxygens (including phenoxy) is 1. The van der Waals surface area contributed by atoms with E-state index in [4.69, 9.17) is 4.74 Å². The van der Waals surface area contributed by atoms with E-state index in [1.165, 1.54) is 17.3 Å². The molecule has 0 radical (unpaired) electrons. The fourth-order valence-electron chi connectivity index (χ4n) is 4.04. The molecule has 2 aromatic rings. The largest absolute Gasteiger partial charge is 0.438 e. The highest BCUT2D eigenvalue weighted by atomic mass is 19.1. The predicted octanol–water partition coefficient (Wildman–Crippen LogP) is 0.716. The lowest BCUT2D eigenvalue weighted by Crippen LogP contribution is -3.03. The first-order valence-electron chi connectivity index (χ1n) is 9.86. The number of nitrogens with zero attached hydrogens (tertiary/aromatic N) is 8. The number of carbonyl (C=O) groups excluding carboxylic acids is 1. The molecule has 4 heterocycles. The van der Waals surface area contributed by atoms with Crippen molar-refractivity contribution in [1.29, 1.82) is 0 Å². The lowest BCUT2D eigenvalue weighted by Gasteiger charge is -2.33. The van der Waals surface area contributed by atoms with Crippen molar-refractivity contribution in [3.05, 3.63) is 42.7 Å². The summed E-state index contributed by atoms with van der Waals surface area (Å²) in [6, 6.07) is 5.05. The van der Waals surface area contributed by atoms with Crippen LogP contribution in [0.4, 0.5) is 20.6 Å². The van der Waals surface area contributed by atoms with E-state index in [9.17, 15) is 9.18 Å². The lowest BCUT2D eigenvalue weighted by molar-refractivity contribution is -0.858. The Morgan fingerprint density at radius 1 is 1.27 bits per heavy atom. The molecule has 3 aliphatic heterocycles. The average Bonchev–Trinajstić information content (AvgIpc) is 3.51. The normalized spacial score (nSPS) is 24.1. The molecular formula is C18H21FN9O2+. The molecule has 1 N–H and O–H groups in total. The van der Waals surface area contributed by atoms with E-state index in [1.54, 1.807) is 29.3 Å². The Morgan fingerprint density at radius 3 is 2.83 bits per heavy atom. The van der Waals surface area contributed by atoms with Gasteiger partial charge in [-0.1, -0.05) is 0 Å². The minimum Gasteiger partial charge on any atom is -0.438 e. The first kappa shape index (κ1) is 18.6. The van der Waals surface area contributed by atoms with Gasteiger partial charge >= 0.3 is 6.09 Å². The third-order valence-electron chi connectivity index (χ3n) is 5.57. The predicted molar refractivity (Wildman–Crippen MR) is 102 cm³/mol. The van der Waals surface area contributed by atoms with Crippen molar-refractivity contribution in [3.8, 4) is 0 Å². The van der Waals surface area contributed by atoms with E-state index in [0.29, 0.717) is 37.6 Å². The number of benzene rings is 1. The third-order valence-corrected chi connectivity index (χ3v) is 5.57. The van der Waals surface area contributed by atoms with Gasteiger partial charge < -0.3 is 9.64 Å². The number of hydrogen-bond donors (Lipinski definition) is 1. The van der Waals surface area contributed by atoms with Gasteiger partial charge in [0.25, 0.3) is 0 Å². The van der Waals surface area contributed by atoms with Gasteiger partial charge in [0.05, 0.1) is 24.0 Å². The first-order valence-corrected chi connectivity index (χ1v) is 9.86. The minimum absolute atomic E-state index is 0.175. The summed E-state index contributed by atoms with van der Waals surface area (Å²) in [5, 5.41) is 20.3. The van der Waals surface area contributed by atoms with Crippen LogP contribution < -0.4 is 14.8 Å². The van der Waals surface area contributed by atoms with Gasteiger partial charge in [0.15, 0.2) is 12.4 Å². The van der Waals surface area contributed by atoms with E-state index in [-0.39, 0.29) is 18.0 Å². The maximum absolute atomic E-state index is 14.9. The molecule has 2 saturated heterocycles. The van der Waals surface area contributed by atoms with Gasteiger partial charge in [-0.15, -0.1) is 15.3 Å². The molecule has 1 amide bonds. The van der Waals surface area contributed by atoms with Crippen molar-refractivity contribution in [2.75, 3.05) is 36.0 Å². The molecule has 1 aromatic heterocycles. The molecule has 11 nitrogen and oxygen atoms in total. The highest BCUT2D eigenvalue weighted by molar-refractivity contribution is 5.90. The Balaban J connectivity index is 1.23. The fraction of sp³-hybridized carbons (Fsp3) is 0.444. The molecule has 0 bridgehead atoms. The van der Waals surface area contributed by atoms with Gasteiger partial charge in [-0.25, -0.2) is 9.18 Å². The SMILES string of the molecule is O=C1O[C@H](C[NH+]2C=CN=N2)CN1c1ccc(N2CCC(n3ncnn3)CC2)c(F)c1. The molecule has 1 aromatic carbocycles. The van der Waals surface area contributed by atoms with E-state index in [0.717, 1.165) is 17.9 Å². The number of aromatic nitrogens is 4. The maximum Gasteiger partial charge on any atom is 0.414 e. The number of anilines is 2. The molecule has 0 aliphatic carbocycles. The second-order valence-electron chi connectivity index (χ2n) is 7.45. The molecular weight excluding hydrogens is 393 g/mol. The molecule has 5 rings (SSSR count). The lowest BCUT2D eigenvalue weighted by atomic mass is 10.0. The smallest absolute Gasteiger partial charge is 0.414 e. The summed E-state index contributed by atoms with van der Waals surface area (Å²) < 4.78 is 20.3. The van der Waals surface area contributed by atoms with Crippen molar-refractivity contribution < 1.29 is 18.9 Å². The Bertz CT molecular complexity index is 960. The Labute approximate surface area is 171 Å². The van der Waals surface area contributed by atoms with Crippen LogP contribution in [0.1, 0.15) is 18.9 Å². The molecule has 2 fully saturated rings. The summed E-state index contributed by atoms with van der Waals surface area (Å²) in [6.45, 7) is 2.22. The molecule has 156 valence electrons. The molecule has 2 atom stereocenters. The highest BCUT2D eigenvalue weighted by Crippen LogP contribution is 2.31. The van der Waals surface area contributed by atoms with Crippen LogP contribution in [0.15, 0.2) is 47.3 Å². The first-order chi connectivity index (χ1) is 14.7. The zero-order valence-electron chi connectivity index (χ0n) is 16.1. The van der Waals surface area contributed by atoms with Crippen molar-refractivity contribution in [2.45, 2.75) is 25.0 Å². The van der Waals surface area contributed by atoms with Crippen LogP contribution in [0.2, 0.25) is 0 Å². The van der Waals surface area contributed by atoms with Gasteiger partial charge in [0.1, 0.15) is 24.8 Å². The van der Waals surface area contributed by atoms with Crippen molar-refractivity contribution in [2.24, 2.45) is 10.3 Å². The summed E-state index contributed by atoms with van der Waals surface area (Å²) in [7, 11) is 0. The zero-order chi connectivity index (χ0) is 20.5. The second-order valence-corrected chi connectivity index (χ2v) is 7.45. The summed E-state index contributed by atoms with van der Waals surface area (Å²) in [6.07, 6.45) is 5.61. The highest BCUT2D eigenvalue weighted by Gasteiger charge is 2.36. The minimum atomic E-state index is -0.479. The van der Waals surface area contributed by atoms with Gasteiger partial charge in [-0.05, 0) is 36.3 Å². The van der Waals surface area contributed by atoms with Crippen molar-refractivity contribution in [3.63, 3.8) is 0 Å². The number of amides is 1. The number of rotatable bonds is 5. The number of nitrogens with one attached hydrogen (secondary N) is 1. The molecule has 0 spiro atoms. The number of quaternary nitrogens is 1. The quantitative estimate of drug-likeness (QED) is 0.773. The number of hydrogen-bond acceptors (Lipinski definition) is 8. The summed E-state index contributed by atoms with van der Waals surface area (Å²) in [5.41, 5.74) is 1.01. The van der Waals surface area contributed by atoms with Gasteiger partial charge in [-0.2, -0.15) is 9.81 Å². The van der Waals surface area contributed by atoms with Crippen molar-refractivity contribution >= 4 is 17.5 Å². The standard InChI is InChI=1S/C18H20FN9O2/c19-16-9-14(27-11-15(30-18(27)29)10-26-8-5-20-23-26)1-2-17(16)25-6-3-13(4-7-25)28-22-12-21-24-28/h1-2,5,8-9,12-13,15H,3-4,6-7,10-11H2/p+1/t15-/m1/s1. The third kappa shape index (κ3) is 3.61. The summed E-state index contributed by atoms with van der Waals surface area (Å²) in [4.78, 5) is 17.4. The van der Waals surface area contributed by atoms with Crippen LogP contribution in [-0.4, -0.2) is 58.6 Å². The van der Waals surface area contributed by atoms with Gasteiger partial charge in [0, 0.05) is 18.3 Å². The van der Waals surface area contributed by atoms with Crippen LogP contribution >= 0.6 is 0 Å². The fourth-order valence-corrected chi connectivity index (χ4v) is 4.04. The number of piperidine rings is 1. The summed E-state index contributed by atoms with van der Waals surface area (Å²) >= 11 is 0. The summed E-state index contributed by atoms with van der Waals surface area (Å²) in [5.74, 6) is -0.358. The van der Waals surface area contributed by atoms with Gasteiger partial charge in [0.2, 0.25) is 0 Å². The Kier molecular flexibility index (Phi) is 4.83. The van der Waals surface area contributed by atoms with Crippen LogP contribution in [0, 0.1) is 5.82 Å². The van der Waals surface area contributed by atoms with Crippen molar-refractivity contribution in [1.82, 2.24) is 20.2 Å². The molecule has 3 aliphatic rings. The molecule has 0 saturated carbocycles. The van der Waals surface area contributed by atoms with E-state index < -0.39 is 6.09 Å². The molecule has 12 heteroatoms. The Morgan fingerprint density at radius 2 is 2.13 bits per heavy atom. The number of carbonyl (C=O) groups is 1. The van der Waals surface area contributed by atoms with E-state index in [2.05, 4.69) is 25.7 Å². The van der Waals surface area contributed by atoms with Gasteiger partial charge in [-0.3, -0.25) is 4.90 Å². The van der Waals surface area contributed by atoms with Crippen LogP contribution in [0.3, 0.4) is 0 Å². The zero-order valence-corrected chi connectivity index (χ0v) is 16.1. The topological polar surface area (TPSA) is 106 Å². The van der Waals surface area contributed by atoms with E-state index in [1.807, 2.05) is 4.90 Å². The molecule has 1 unspecified atom stereocenters. The van der Waals surface area contributed by atoms with Crippen LogP contribution in [0.5, 0.6) is 0 Å². The van der Waals surface area contributed by atoms with E-state index >= 15 is 0 Å². The van der Waals surface area contributed by atoms with Crippen LogP contribution in [0.25, 0.3) is 0 Å². The maximum atomic E-state index is 14.9.